The third kappa shape index (κ3) is 6.70. The molecule has 2 aromatic rings. The highest BCUT2D eigenvalue weighted by molar-refractivity contribution is 6.32. The second kappa shape index (κ2) is 11.5. The normalized spacial score (nSPS) is 16.7. The van der Waals surface area contributed by atoms with Crippen molar-refractivity contribution in [2.45, 2.75) is 52.2 Å². The van der Waals surface area contributed by atoms with Crippen LogP contribution in [-0.2, 0) is 16.1 Å². The Morgan fingerprint density at radius 1 is 1.11 bits per heavy atom. The number of benzene rings is 2. The van der Waals surface area contributed by atoms with Gasteiger partial charge in [0.15, 0.2) is 6.29 Å². The van der Waals surface area contributed by atoms with Gasteiger partial charge in [-0.3, -0.25) is 15.0 Å². The molecule has 1 unspecified atom stereocenters. The molecule has 1 aliphatic heterocycles. The highest BCUT2D eigenvalue weighted by Gasteiger charge is 2.41. The zero-order valence-electron chi connectivity index (χ0n) is 19.9. The first-order valence-electron chi connectivity index (χ1n) is 11.0. The summed E-state index contributed by atoms with van der Waals surface area (Å²) >= 11 is 12.4. The molecule has 0 spiro atoms. The zero-order chi connectivity index (χ0) is 25.7. The molecule has 11 heteroatoms. The van der Waals surface area contributed by atoms with Crippen molar-refractivity contribution < 1.29 is 23.9 Å². The Morgan fingerprint density at radius 3 is 2.40 bits per heavy atom. The highest BCUT2D eigenvalue weighted by Crippen LogP contribution is 2.29. The summed E-state index contributed by atoms with van der Waals surface area (Å²) in [6, 6.07) is 10.2. The molecule has 4 amide bonds. The molecule has 1 fully saturated rings. The molecule has 35 heavy (non-hydrogen) atoms. The summed E-state index contributed by atoms with van der Waals surface area (Å²) < 4.78 is 10.4. The van der Waals surface area contributed by atoms with Gasteiger partial charge in [0.1, 0.15) is 5.75 Å². The Kier molecular flexibility index (Phi) is 8.69. The Balaban J connectivity index is 1.87. The van der Waals surface area contributed by atoms with E-state index in [9.17, 15) is 14.4 Å². The van der Waals surface area contributed by atoms with Crippen molar-refractivity contribution in [3.63, 3.8) is 0 Å². The van der Waals surface area contributed by atoms with E-state index in [0.29, 0.717) is 21.5 Å². The predicted molar refractivity (Wildman–Crippen MR) is 133 cm³/mol. The van der Waals surface area contributed by atoms with Crippen LogP contribution in [-0.4, -0.2) is 53.4 Å². The summed E-state index contributed by atoms with van der Waals surface area (Å²) in [4.78, 5) is 40.6. The van der Waals surface area contributed by atoms with Gasteiger partial charge in [-0.1, -0.05) is 35.3 Å². The average Bonchev–Trinajstić information content (AvgIpc) is 2.79. The maximum absolute atomic E-state index is 13.5. The summed E-state index contributed by atoms with van der Waals surface area (Å²) in [7, 11) is 1.25. The van der Waals surface area contributed by atoms with Gasteiger partial charge in [0, 0.05) is 10.7 Å². The molecular formula is C24H28Cl2N4O5. The number of ether oxygens (including phenoxy) is 2. The second-order valence-electron chi connectivity index (χ2n) is 8.34. The van der Waals surface area contributed by atoms with Crippen LogP contribution in [0.1, 0.15) is 32.8 Å². The molecule has 0 bridgehead atoms. The van der Waals surface area contributed by atoms with Crippen molar-refractivity contribution in [3.8, 4) is 5.75 Å². The van der Waals surface area contributed by atoms with E-state index in [0.717, 1.165) is 10.5 Å². The Labute approximate surface area is 214 Å². The topological polar surface area (TPSA) is 100 Å². The smallest absolute Gasteiger partial charge is 0.331 e. The van der Waals surface area contributed by atoms with Crippen LogP contribution in [0.2, 0.25) is 10.0 Å². The Hall–Kier alpha value is -3.17. The molecule has 0 radical (unpaired) electrons. The number of anilines is 1. The van der Waals surface area contributed by atoms with E-state index in [4.69, 9.17) is 32.7 Å². The van der Waals surface area contributed by atoms with E-state index < -0.39 is 30.4 Å². The number of esters is 1. The third-order valence-electron chi connectivity index (χ3n) is 5.24. The summed E-state index contributed by atoms with van der Waals surface area (Å²) in [5, 5.41) is 6.89. The standard InChI is InChI=1S/C24H28Cl2N4O5/c1-14(2)35-20-10-9-18(12-19(20)26)27-22-28-23(32)30(15(3)11-21(31)34-4)24(33)29(22)13-16-5-7-17(25)8-6-16/h5-10,12,14-15,22,27H,11,13H2,1-4H3,(H,28,32)/t15-,22?/m0/s1. The molecule has 2 N–H and O–H groups in total. The fourth-order valence-corrected chi connectivity index (χ4v) is 3.91. The minimum Gasteiger partial charge on any atom is -0.489 e. The lowest BCUT2D eigenvalue weighted by atomic mass is 10.2. The molecule has 1 aliphatic rings. The van der Waals surface area contributed by atoms with E-state index >= 15 is 0 Å². The van der Waals surface area contributed by atoms with Gasteiger partial charge in [-0.2, -0.15) is 0 Å². The van der Waals surface area contributed by atoms with Crippen LogP contribution in [0.5, 0.6) is 5.75 Å². The number of carbonyl (C=O) groups excluding carboxylic acids is 3. The van der Waals surface area contributed by atoms with Crippen molar-refractivity contribution in [1.29, 1.82) is 0 Å². The van der Waals surface area contributed by atoms with E-state index in [-0.39, 0.29) is 19.1 Å². The van der Waals surface area contributed by atoms with Crippen molar-refractivity contribution in [1.82, 2.24) is 15.1 Å². The van der Waals surface area contributed by atoms with Crippen molar-refractivity contribution in [3.05, 3.63) is 58.1 Å². The first-order chi connectivity index (χ1) is 16.6. The monoisotopic (exact) mass is 522 g/mol. The zero-order valence-corrected chi connectivity index (χ0v) is 21.4. The quantitative estimate of drug-likeness (QED) is 0.445. The molecule has 9 nitrogen and oxygen atoms in total. The first kappa shape index (κ1) is 26.4. The number of amides is 4. The second-order valence-corrected chi connectivity index (χ2v) is 9.19. The van der Waals surface area contributed by atoms with Gasteiger partial charge in [0.2, 0.25) is 0 Å². The lowest BCUT2D eigenvalue weighted by molar-refractivity contribution is -0.141. The summed E-state index contributed by atoms with van der Waals surface area (Å²) in [5.74, 6) is -0.00208. The maximum Gasteiger partial charge on any atom is 0.331 e. The highest BCUT2D eigenvalue weighted by atomic mass is 35.5. The van der Waals surface area contributed by atoms with Crippen molar-refractivity contribution >= 4 is 46.9 Å². The molecule has 1 heterocycles. The van der Waals surface area contributed by atoms with Gasteiger partial charge in [-0.25, -0.2) is 14.5 Å². The number of halogens is 2. The van der Waals surface area contributed by atoms with Gasteiger partial charge in [0.25, 0.3) is 0 Å². The minimum atomic E-state index is -0.889. The van der Waals surface area contributed by atoms with Gasteiger partial charge in [0.05, 0.1) is 37.2 Å². The van der Waals surface area contributed by atoms with Crippen LogP contribution in [0.25, 0.3) is 0 Å². The maximum atomic E-state index is 13.5. The number of rotatable bonds is 9. The van der Waals surface area contributed by atoms with Crippen LogP contribution >= 0.6 is 23.2 Å². The van der Waals surface area contributed by atoms with Crippen LogP contribution in [0.15, 0.2) is 42.5 Å². The first-order valence-corrected chi connectivity index (χ1v) is 11.8. The molecule has 188 valence electrons. The van der Waals surface area contributed by atoms with Crippen molar-refractivity contribution in [2.75, 3.05) is 12.4 Å². The van der Waals surface area contributed by atoms with Crippen LogP contribution < -0.4 is 15.4 Å². The number of nitrogens with one attached hydrogen (secondary N) is 2. The van der Waals surface area contributed by atoms with Crippen LogP contribution in [0, 0.1) is 0 Å². The SMILES string of the molecule is COC(=O)C[C@H](C)N1C(=O)NC(Nc2ccc(OC(C)C)c(Cl)c2)N(Cc2ccc(Cl)cc2)C1=O. The van der Waals surface area contributed by atoms with Gasteiger partial charge < -0.3 is 14.8 Å². The lowest BCUT2D eigenvalue weighted by Crippen LogP contribution is -2.68. The number of urea groups is 2. The molecule has 0 aromatic heterocycles. The number of imide groups is 1. The number of hydrogen-bond acceptors (Lipinski definition) is 6. The molecule has 2 aromatic carbocycles. The lowest BCUT2D eigenvalue weighted by Gasteiger charge is -2.43. The number of nitrogens with zero attached hydrogens (tertiary/aromatic N) is 2. The van der Waals surface area contributed by atoms with E-state index in [1.54, 1.807) is 49.4 Å². The van der Waals surface area contributed by atoms with Crippen LogP contribution in [0.4, 0.5) is 15.3 Å². The molecular weight excluding hydrogens is 495 g/mol. The summed E-state index contributed by atoms with van der Waals surface area (Å²) in [6.45, 7) is 5.56. The van der Waals surface area contributed by atoms with Crippen molar-refractivity contribution in [2.24, 2.45) is 0 Å². The average molecular weight is 523 g/mol. The fraction of sp³-hybridized carbons (Fsp3) is 0.375. The molecule has 1 saturated heterocycles. The number of carbonyl (C=O) groups is 3. The number of hydrogen-bond donors (Lipinski definition) is 2. The summed E-state index contributed by atoms with van der Waals surface area (Å²) in [6.07, 6.45) is -1.07. The van der Waals surface area contributed by atoms with Gasteiger partial charge in [-0.15, -0.1) is 0 Å². The van der Waals surface area contributed by atoms with Gasteiger partial charge in [-0.05, 0) is 56.7 Å². The largest absolute Gasteiger partial charge is 0.489 e. The Bertz CT molecular complexity index is 1080. The van der Waals surface area contributed by atoms with Crippen LogP contribution in [0.3, 0.4) is 0 Å². The molecule has 2 atom stereocenters. The molecule has 0 aliphatic carbocycles. The number of methoxy groups -OCH3 is 1. The third-order valence-corrected chi connectivity index (χ3v) is 5.78. The van der Waals surface area contributed by atoms with E-state index in [1.165, 1.54) is 12.0 Å². The summed E-state index contributed by atoms with van der Waals surface area (Å²) in [5.41, 5.74) is 1.37. The Morgan fingerprint density at radius 2 is 1.80 bits per heavy atom. The molecule has 3 rings (SSSR count). The molecule has 0 saturated carbocycles. The van der Waals surface area contributed by atoms with Gasteiger partial charge >= 0.3 is 18.0 Å². The van der Waals surface area contributed by atoms with E-state index in [2.05, 4.69) is 10.6 Å². The predicted octanol–water partition coefficient (Wildman–Crippen LogP) is 5.08. The minimum absolute atomic E-state index is 0.0469. The fourth-order valence-electron chi connectivity index (χ4n) is 3.56. The van der Waals surface area contributed by atoms with E-state index in [1.807, 2.05) is 13.8 Å².